The molecule has 1 unspecified atom stereocenters. The summed E-state index contributed by atoms with van der Waals surface area (Å²) in [4.78, 5) is 38.3. The summed E-state index contributed by atoms with van der Waals surface area (Å²) in [5.74, 6) is -0.967. The molecule has 0 aromatic carbocycles. The molecule has 0 aliphatic carbocycles. The molecule has 0 spiro atoms. The van der Waals surface area contributed by atoms with Crippen molar-refractivity contribution in [3.05, 3.63) is 85.1 Å². The zero-order valence-corrected chi connectivity index (χ0v) is 53.8. The Balaban J connectivity index is 4.26. The second-order valence-corrected chi connectivity index (χ2v) is 23.4. The van der Waals surface area contributed by atoms with Crippen LogP contribution in [-0.4, -0.2) is 37.2 Å². The number of carbonyl (C=O) groups is 3. The van der Waals surface area contributed by atoms with E-state index in [9.17, 15) is 14.4 Å². The van der Waals surface area contributed by atoms with Gasteiger partial charge in [-0.15, -0.1) is 0 Å². The van der Waals surface area contributed by atoms with Crippen molar-refractivity contribution < 1.29 is 28.6 Å². The van der Waals surface area contributed by atoms with Crippen molar-refractivity contribution in [2.24, 2.45) is 0 Å². The Labute approximate surface area is 503 Å². The van der Waals surface area contributed by atoms with Crippen molar-refractivity contribution in [1.82, 2.24) is 0 Å². The summed E-state index contributed by atoms with van der Waals surface area (Å²) < 4.78 is 16.9. The number of ether oxygens (including phenoxy) is 3. The van der Waals surface area contributed by atoms with Crippen LogP contribution in [-0.2, 0) is 28.6 Å². The number of rotatable bonds is 64. The van der Waals surface area contributed by atoms with Gasteiger partial charge in [-0.3, -0.25) is 14.4 Å². The summed E-state index contributed by atoms with van der Waals surface area (Å²) in [6.45, 7) is 6.49. The molecule has 0 bridgehead atoms. The van der Waals surface area contributed by atoms with E-state index in [0.717, 1.165) is 70.6 Å². The van der Waals surface area contributed by atoms with Crippen LogP contribution in [0.1, 0.15) is 355 Å². The van der Waals surface area contributed by atoms with Gasteiger partial charge in [-0.05, 0) is 103 Å². The molecule has 0 amide bonds. The van der Waals surface area contributed by atoms with Gasteiger partial charge in [-0.2, -0.15) is 0 Å². The molecule has 0 saturated heterocycles. The summed E-state index contributed by atoms with van der Waals surface area (Å²) in [5, 5.41) is 0. The Hall–Kier alpha value is -3.41. The van der Waals surface area contributed by atoms with E-state index >= 15 is 0 Å². The summed E-state index contributed by atoms with van der Waals surface area (Å²) >= 11 is 0. The molecule has 468 valence electrons. The SMILES string of the molecule is CC/C=C\C/C=C\C/C=C\C/C=C\CCC(=O)OCC(COC(=O)CCCCCCCCCCCCCCCCCCC/C=C\C/C=C\CCCCCCC)OC(=O)CCCCCCCCCCC/C=C\CCCCCCCCCC. The molecule has 1 atom stereocenters. The molecule has 81 heavy (non-hydrogen) atoms. The number of carbonyl (C=O) groups excluding carboxylic acids is 3. The lowest BCUT2D eigenvalue weighted by Gasteiger charge is -2.18. The molecule has 0 rings (SSSR count). The Morgan fingerprint density at radius 2 is 0.506 bits per heavy atom. The molecule has 6 heteroatoms. The summed E-state index contributed by atoms with van der Waals surface area (Å²) in [5.41, 5.74) is 0. The number of hydrogen-bond acceptors (Lipinski definition) is 6. The molecule has 0 fully saturated rings. The Kier molecular flexibility index (Phi) is 66.2. The van der Waals surface area contributed by atoms with Gasteiger partial charge in [0.25, 0.3) is 0 Å². The van der Waals surface area contributed by atoms with Crippen LogP contribution in [0, 0.1) is 0 Å². The lowest BCUT2D eigenvalue weighted by molar-refractivity contribution is -0.166. The van der Waals surface area contributed by atoms with Crippen LogP contribution in [0.25, 0.3) is 0 Å². The first-order chi connectivity index (χ1) is 40.0. The second-order valence-electron chi connectivity index (χ2n) is 23.4. The molecule has 0 radical (unpaired) electrons. The van der Waals surface area contributed by atoms with Gasteiger partial charge in [-0.25, -0.2) is 0 Å². The largest absolute Gasteiger partial charge is 0.462 e. The van der Waals surface area contributed by atoms with Crippen LogP contribution >= 0.6 is 0 Å². The van der Waals surface area contributed by atoms with Crippen LogP contribution in [0.5, 0.6) is 0 Å². The van der Waals surface area contributed by atoms with Gasteiger partial charge in [0.2, 0.25) is 0 Å². The third kappa shape index (κ3) is 67.3. The normalized spacial score (nSPS) is 12.6. The van der Waals surface area contributed by atoms with Gasteiger partial charge in [0.1, 0.15) is 13.2 Å². The fourth-order valence-corrected chi connectivity index (χ4v) is 10.1. The molecule has 0 aliphatic rings. The van der Waals surface area contributed by atoms with Crippen LogP contribution in [0.3, 0.4) is 0 Å². The Morgan fingerprint density at radius 1 is 0.259 bits per heavy atom. The van der Waals surface area contributed by atoms with E-state index in [-0.39, 0.29) is 37.5 Å². The van der Waals surface area contributed by atoms with Gasteiger partial charge < -0.3 is 14.2 Å². The highest BCUT2D eigenvalue weighted by molar-refractivity contribution is 5.71. The molecule has 0 heterocycles. The second kappa shape index (κ2) is 69.1. The maximum atomic E-state index is 12.9. The van der Waals surface area contributed by atoms with Gasteiger partial charge in [0, 0.05) is 19.3 Å². The van der Waals surface area contributed by atoms with E-state index in [1.807, 2.05) is 6.08 Å². The molecule has 0 aromatic heterocycles. The zero-order valence-electron chi connectivity index (χ0n) is 53.8. The van der Waals surface area contributed by atoms with E-state index in [1.54, 1.807) is 0 Å². The average molecular weight is 1130 g/mol. The first-order valence-corrected chi connectivity index (χ1v) is 35.1. The summed E-state index contributed by atoms with van der Waals surface area (Å²) in [7, 11) is 0. The van der Waals surface area contributed by atoms with Crippen LogP contribution in [0.2, 0.25) is 0 Å². The monoisotopic (exact) mass is 1130 g/mol. The fraction of sp³-hybridized carbons (Fsp3) is 0.773. The van der Waals surface area contributed by atoms with Crippen LogP contribution in [0.15, 0.2) is 85.1 Å². The van der Waals surface area contributed by atoms with Gasteiger partial charge in [0.05, 0.1) is 0 Å². The highest BCUT2D eigenvalue weighted by Crippen LogP contribution is 2.17. The van der Waals surface area contributed by atoms with Gasteiger partial charge in [-0.1, -0.05) is 318 Å². The third-order valence-electron chi connectivity index (χ3n) is 15.4. The third-order valence-corrected chi connectivity index (χ3v) is 15.4. The number of allylic oxidation sites excluding steroid dienone is 14. The number of unbranched alkanes of at least 4 members (excludes halogenated alkanes) is 39. The maximum absolute atomic E-state index is 12.9. The van der Waals surface area contributed by atoms with Crippen molar-refractivity contribution >= 4 is 17.9 Å². The highest BCUT2D eigenvalue weighted by atomic mass is 16.6. The van der Waals surface area contributed by atoms with E-state index in [0.29, 0.717) is 19.3 Å². The van der Waals surface area contributed by atoms with Crippen molar-refractivity contribution in [2.75, 3.05) is 13.2 Å². The van der Waals surface area contributed by atoms with Crippen LogP contribution < -0.4 is 0 Å². The lowest BCUT2D eigenvalue weighted by Crippen LogP contribution is -2.30. The maximum Gasteiger partial charge on any atom is 0.306 e. The zero-order chi connectivity index (χ0) is 58.5. The van der Waals surface area contributed by atoms with Crippen molar-refractivity contribution in [3.63, 3.8) is 0 Å². The molecular weight excluding hydrogens is 997 g/mol. The lowest BCUT2D eigenvalue weighted by atomic mass is 10.0. The van der Waals surface area contributed by atoms with Crippen molar-refractivity contribution in [1.29, 1.82) is 0 Å². The number of esters is 3. The van der Waals surface area contributed by atoms with E-state index < -0.39 is 6.10 Å². The average Bonchev–Trinajstić information content (AvgIpc) is 3.46. The Morgan fingerprint density at radius 3 is 0.840 bits per heavy atom. The minimum absolute atomic E-state index is 0.0966. The minimum Gasteiger partial charge on any atom is -0.462 e. The summed E-state index contributed by atoms with van der Waals surface area (Å²) in [6.07, 6.45) is 92.1. The van der Waals surface area contributed by atoms with E-state index in [1.165, 1.54) is 238 Å². The van der Waals surface area contributed by atoms with Crippen molar-refractivity contribution in [3.8, 4) is 0 Å². The Bertz CT molecular complexity index is 1530. The molecule has 0 N–H and O–H groups in total. The molecule has 0 saturated carbocycles. The van der Waals surface area contributed by atoms with Gasteiger partial charge >= 0.3 is 17.9 Å². The molecular formula is C75H132O6. The topological polar surface area (TPSA) is 78.9 Å². The van der Waals surface area contributed by atoms with Gasteiger partial charge in [0.15, 0.2) is 6.10 Å². The van der Waals surface area contributed by atoms with Crippen molar-refractivity contribution in [2.45, 2.75) is 361 Å². The fourth-order valence-electron chi connectivity index (χ4n) is 10.1. The standard InChI is InChI=1S/C75H132O6/c1-4-7-10-13-16-19-22-25-27-29-31-33-34-35-36-37-38-39-40-42-43-45-47-50-53-56-59-62-65-68-74(77)80-71-72(70-79-73(76)67-64-61-58-55-52-49-24-21-18-15-12-9-6-3)81-75(78)69-66-63-60-57-54-51-48-46-44-41-32-30-28-26-23-20-17-14-11-8-5-2/h9,12,18,21-22,25,29-32,49,52,58,61,72H,4-8,10-11,13-17,19-20,23-24,26-28,33-48,50-51,53-57,59-60,62-71H2,1-3H3/b12-9-,21-18-,25-22-,31-29-,32-30-,52-49-,61-58-. The summed E-state index contributed by atoms with van der Waals surface area (Å²) in [6, 6.07) is 0. The van der Waals surface area contributed by atoms with E-state index in [4.69, 9.17) is 14.2 Å². The smallest absolute Gasteiger partial charge is 0.306 e. The first kappa shape index (κ1) is 77.6. The van der Waals surface area contributed by atoms with E-state index in [2.05, 4.69) is 99.8 Å². The quantitative estimate of drug-likeness (QED) is 0.0261. The predicted octanol–water partition coefficient (Wildman–Crippen LogP) is 24.2. The predicted molar refractivity (Wildman–Crippen MR) is 353 cm³/mol. The van der Waals surface area contributed by atoms with Crippen LogP contribution in [0.4, 0.5) is 0 Å². The number of hydrogen-bond donors (Lipinski definition) is 0. The highest BCUT2D eigenvalue weighted by Gasteiger charge is 2.19. The molecule has 6 nitrogen and oxygen atoms in total. The molecule has 0 aliphatic heterocycles. The minimum atomic E-state index is -0.807. The molecule has 0 aromatic rings. The first-order valence-electron chi connectivity index (χ1n) is 35.1.